The van der Waals surface area contributed by atoms with Crippen molar-refractivity contribution >= 4 is 16.5 Å². The molecule has 2 rings (SSSR count). The average molecular weight is 297 g/mol. The van der Waals surface area contributed by atoms with Gasteiger partial charge in [0, 0.05) is 4.90 Å². The van der Waals surface area contributed by atoms with E-state index in [9.17, 15) is 13.0 Å². The summed E-state index contributed by atoms with van der Waals surface area (Å²) in [5.41, 5.74) is 6.18. The van der Waals surface area contributed by atoms with E-state index in [1.165, 1.54) is 6.07 Å². The number of halogens is 2. The molecular weight excluding hydrogens is 284 g/mol. The largest absolute Gasteiger partial charge is 0.490 e. The molecule has 2 N–H and O–H groups in total. The summed E-state index contributed by atoms with van der Waals surface area (Å²) in [6, 6.07) is 10.1. The maximum absolute atomic E-state index is 13.0. The molecule has 0 aliphatic carbocycles. The minimum atomic E-state index is -1.45. The molecule has 0 spiro atoms. The number of benzene rings is 2. The van der Waals surface area contributed by atoms with Gasteiger partial charge in [-0.3, -0.25) is 4.21 Å². The van der Waals surface area contributed by atoms with Gasteiger partial charge in [-0.1, -0.05) is 12.1 Å². The van der Waals surface area contributed by atoms with Crippen LogP contribution in [0.1, 0.15) is 0 Å². The molecule has 1 unspecified atom stereocenters. The number of hydrogen-bond acceptors (Lipinski definition) is 3. The molecule has 0 aromatic heterocycles. The normalized spacial score (nSPS) is 12.1. The van der Waals surface area contributed by atoms with Crippen LogP contribution >= 0.6 is 0 Å². The molecule has 0 aliphatic rings. The van der Waals surface area contributed by atoms with Crippen LogP contribution in [-0.4, -0.2) is 16.6 Å². The van der Waals surface area contributed by atoms with E-state index in [4.69, 9.17) is 10.5 Å². The number of rotatable bonds is 5. The van der Waals surface area contributed by atoms with Crippen molar-refractivity contribution in [2.75, 3.05) is 18.1 Å². The van der Waals surface area contributed by atoms with Crippen LogP contribution in [-0.2, 0) is 10.8 Å². The lowest BCUT2D eigenvalue weighted by atomic mass is 10.3. The molecule has 2 aromatic rings. The van der Waals surface area contributed by atoms with Crippen molar-refractivity contribution in [3.63, 3.8) is 0 Å². The molecule has 106 valence electrons. The third-order valence-corrected chi connectivity index (χ3v) is 3.92. The van der Waals surface area contributed by atoms with Crippen LogP contribution in [0.5, 0.6) is 5.75 Å². The second-order valence-electron chi connectivity index (χ2n) is 4.01. The lowest BCUT2D eigenvalue weighted by Crippen LogP contribution is -2.10. The van der Waals surface area contributed by atoms with Crippen molar-refractivity contribution in [3.8, 4) is 5.75 Å². The Morgan fingerprint density at radius 1 is 1.10 bits per heavy atom. The summed E-state index contributed by atoms with van der Waals surface area (Å²) in [4.78, 5) is 0.230. The lowest BCUT2D eigenvalue weighted by molar-refractivity contribution is 0.344. The first-order chi connectivity index (χ1) is 9.58. The fourth-order valence-corrected chi connectivity index (χ4v) is 2.50. The Labute approximate surface area is 117 Å². The zero-order valence-corrected chi connectivity index (χ0v) is 11.3. The fraction of sp³-hybridized carbons (Fsp3) is 0.143. The highest BCUT2D eigenvalue weighted by Gasteiger charge is 2.09. The van der Waals surface area contributed by atoms with Gasteiger partial charge in [-0.25, -0.2) is 8.78 Å². The van der Waals surface area contributed by atoms with Crippen molar-refractivity contribution in [2.24, 2.45) is 0 Å². The molecule has 0 fully saturated rings. The topological polar surface area (TPSA) is 52.3 Å². The summed E-state index contributed by atoms with van der Waals surface area (Å²) in [6.07, 6.45) is 0. The van der Waals surface area contributed by atoms with Gasteiger partial charge < -0.3 is 10.5 Å². The summed E-state index contributed by atoms with van der Waals surface area (Å²) in [5.74, 6) is -1.29. The SMILES string of the molecule is Nc1ccccc1OCCS(=O)c1ccc(F)c(F)c1. The van der Waals surface area contributed by atoms with Crippen molar-refractivity contribution in [1.82, 2.24) is 0 Å². The smallest absolute Gasteiger partial charge is 0.160 e. The van der Waals surface area contributed by atoms with Crippen molar-refractivity contribution in [3.05, 3.63) is 54.1 Å². The standard InChI is InChI=1S/C14H13F2NO2S/c15-11-6-5-10(9-12(11)16)20(18)8-7-19-14-4-2-1-3-13(14)17/h1-6,9H,7-8,17H2. The minimum Gasteiger partial charge on any atom is -0.490 e. The molecule has 0 saturated heterocycles. The van der Waals surface area contributed by atoms with Gasteiger partial charge in [-0.15, -0.1) is 0 Å². The summed E-state index contributed by atoms with van der Waals surface area (Å²) < 4.78 is 43.1. The molecule has 2 aromatic carbocycles. The van der Waals surface area contributed by atoms with Crippen LogP contribution in [0.2, 0.25) is 0 Å². The van der Waals surface area contributed by atoms with E-state index in [1.807, 2.05) is 0 Å². The Morgan fingerprint density at radius 3 is 2.55 bits per heavy atom. The molecule has 0 heterocycles. The highest BCUT2D eigenvalue weighted by Crippen LogP contribution is 2.20. The highest BCUT2D eigenvalue weighted by atomic mass is 32.2. The van der Waals surface area contributed by atoms with E-state index in [1.54, 1.807) is 24.3 Å². The molecule has 20 heavy (non-hydrogen) atoms. The predicted molar refractivity (Wildman–Crippen MR) is 74.0 cm³/mol. The zero-order chi connectivity index (χ0) is 14.5. The quantitative estimate of drug-likeness (QED) is 0.863. The van der Waals surface area contributed by atoms with Gasteiger partial charge in [0.05, 0.1) is 22.2 Å². The van der Waals surface area contributed by atoms with E-state index in [0.717, 1.165) is 12.1 Å². The molecule has 0 bridgehead atoms. The third kappa shape index (κ3) is 3.54. The first-order valence-corrected chi connectivity index (χ1v) is 7.20. The maximum Gasteiger partial charge on any atom is 0.160 e. The monoisotopic (exact) mass is 297 g/mol. The minimum absolute atomic E-state index is 0.166. The van der Waals surface area contributed by atoms with Gasteiger partial charge >= 0.3 is 0 Å². The number of nitrogen functional groups attached to an aromatic ring is 1. The lowest BCUT2D eigenvalue weighted by Gasteiger charge is -2.08. The van der Waals surface area contributed by atoms with Crippen LogP contribution in [0, 0.1) is 11.6 Å². The molecule has 3 nitrogen and oxygen atoms in total. The van der Waals surface area contributed by atoms with Crippen LogP contribution < -0.4 is 10.5 Å². The predicted octanol–water partition coefficient (Wildman–Crippen LogP) is 2.73. The molecule has 0 amide bonds. The third-order valence-electron chi connectivity index (χ3n) is 2.60. The Kier molecular flexibility index (Phi) is 4.68. The number of anilines is 1. The fourth-order valence-electron chi connectivity index (χ4n) is 1.58. The van der Waals surface area contributed by atoms with Crippen molar-refractivity contribution in [2.45, 2.75) is 4.90 Å². The van der Waals surface area contributed by atoms with Gasteiger partial charge in [0.1, 0.15) is 12.4 Å². The number of ether oxygens (including phenoxy) is 1. The first-order valence-electron chi connectivity index (χ1n) is 5.88. The van der Waals surface area contributed by atoms with Crippen molar-refractivity contribution in [1.29, 1.82) is 0 Å². The van der Waals surface area contributed by atoms with Crippen LogP contribution in [0.25, 0.3) is 0 Å². The van der Waals surface area contributed by atoms with E-state index in [2.05, 4.69) is 0 Å². The Balaban J connectivity index is 1.92. The second-order valence-corrected chi connectivity index (χ2v) is 5.58. The summed E-state index contributed by atoms with van der Waals surface area (Å²) in [7, 11) is -1.45. The van der Waals surface area contributed by atoms with Gasteiger partial charge in [0.25, 0.3) is 0 Å². The molecule has 0 saturated carbocycles. The summed E-state index contributed by atoms with van der Waals surface area (Å²) in [5, 5.41) is 0. The maximum atomic E-state index is 13.0. The van der Waals surface area contributed by atoms with Gasteiger partial charge in [-0.05, 0) is 30.3 Å². The summed E-state index contributed by atoms with van der Waals surface area (Å²) >= 11 is 0. The van der Waals surface area contributed by atoms with Gasteiger partial charge in [0.15, 0.2) is 11.6 Å². The van der Waals surface area contributed by atoms with Crippen LogP contribution in [0.4, 0.5) is 14.5 Å². The van der Waals surface area contributed by atoms with E-state index >= 15 is 0 Å². The van der Waals surface area contributed by atoms with Crippen LogP contribution in [0.15, 0.2) is 47.4 Å². The first kappa shape index (κ1) is 14.5. The molecular formula is C14H13F2NO2S. The van der Waals surface area contributed by atoms with E-state index in [0.29, 0.717) is 11.4 Å². The second kappa shape index (κ2) is 6.47. The Morgan fingerprint density at radius 2 is 1.85 bits per heavy atom. The number of para-hydroxylation sites is 2. The molecule has 1 atom stereocenters. The van der Waals surface area contributed by atoms with Gasteiger partial charge in [0.2, 0.25) is 0 Å². The van der Waals surface area contributed by atoms with Crippen LogP contribution in [0.3, 0.4) is 0 Å². The molecule has 0 aliphatic heterocycles. The van der Waals surface area contributed by atoms with Crippen molar-refractivity contribution < 1.29 is 17.7 Å². The zero-order valence-electron chi connectivity index (χ0n) is 10.5. The molecule has 6 heteroatoms. The Hall–Kier alpha value is -1.95. The van der Waals surface area contributed by atoms with Gasteiger partial charge in [-0.2, -0.15) is 0 Å². The molecule has 0 radical (unpaired) electrons. The van der Waals surface area contributed by atoms with E-state index in [-0.39, 0.29) is 17.3 Å². The summed E-state index contributed by atoms with van der Waals surface area (Å²) in [6.45, 7) is 0.166. The Bertz CT molecular complexity index is 634. The van der Waals surface area contributed by atoms with E-state index < -0.39 is 22.4 Å². The average Bonchev–Trinajstić information content (AvgIpc) is 2.44. The number of hydrogen-bond donors (Lipinski definition) is 1. The highest BCUT2D eigenvalue weighted by molar-refractivity contribution is 7.85. The number of nitrogens with two attached hydrogens (primary N) is 1.